The van der Waals surface area contributed by atoms with Crippen molar-refractivity contribution in [1.82, 2.24) is 4.57 Å². The highest BCUT2D eigenvalue weighted by atomic mass is 16.5. The first-order chi connectivity index (χ1) is 7.33. The van der Waals surface area contributed by atoms with Gasteiger partial charge >= 0.3 is 0 Å². The van der Waals surface area contributed by atoms with Crippen LogP contribution in [0.25, 0.3) is 0 Å². The molecule has 0 saturated heterocycles. The molecule has 4 nitrogen and oxygen atoms in total. The summed E-state index contributed by atoms with van der Waals surface area (Å²) in [5.41, 5.74) is 0. The summed E-state index contributed by atoms with van der Waals surface area (Å²) in [4.78, 5) is 0. The van der Waals surface area contributed by atoms with E-state index in [1.165, 1.54) is 5.82 Å². The van der Waals surface area contributed by atoms with Gasteiger partial charge in [-0.05, 0) is 0 Å². The number of nitrogens with zero attached hydrogens (tertiary/aromatic N) is 3. The van der Waals surface area contributed by atoms with Crippen LogP contribution >= 0.6 is 0 Å². The van der Waals surface area contributed by atoms with Gasteiger partial charge < -0.3 is 4.74 Å². The lowest BCUT2D eigenvalue weighted by Crippen LogP contribution is -2.37. The molecule has 1 aromatic heterocycles. The highest BCUT2D eigenvalue weighted by molar-refractivity contribution is 4.83. The van der Waals surface area contributed by atoms with Crippen molar-refractivity contribution in [2.24, 2.45) is 0 Å². The van der Waals surface area contributed by atoms with Crippen molar-refractivity contribution >= 4 is 0 Å². The highest BCUT2D eigenvalue weighted by Crippen LogP contribution is 1.97. The number of hydrogen-bond donors (Lipinski definition) is 0. The SMILES string of the molecule is CCc1n(CCOC)cc[n+]1CCC#N. The zero-order valence-electron chi connectivity index (χ0n) is 9.44. The molecule has 1 aromatic rings. The van der Waals surface area contributed by atoms with Gasteiger partial charge in [0.25, 0.3) is 5.82 Å². The molecule has 0 radical (unpaired) electrons. The Morgan fingerprint density at radius 2 is 2.40 bits per heavy atom. The molecule has 1 rings (SSSR count). The first-order valence-corrected chi connectivity index (χ1v) is 5.26. The fourth-order valence-corrected chi connectivity index (χ4v) is 1.67. The van der Waals surface area contributed by atoms with Gasteiger partial charge in [-0.25, -0.2) is 9.13 Å². The number of nitriles is 1. The maximum Gasteiger partial charge on any atom is 0.256 e. The van der Waals surface area contributed by atoms with Gasteiger partial charge in [-0.2, -0.15) is 5.26 Å². The van der Waals surface area contributed by atoms with Crippen LogP contribution in [0.15, 0.2) is 12.4 Å². The van der Waals surface area contributed by atoms with Crippen molar-refractivity contribution in [2.75, 3.05) is 13.7 Å². The number of ether oxygens (including phenoxy) is 1. The summed E-state index contributed by atoms with van der Waals surface area (Å²) in [6.07, 6.45) is 5.62. The molecular formula is C11H18N3O+. The Kier molecular flexibility index (Phi) is 4.85. The number of rotatable bonds is 6. The minimum atomic E-state index is 0.561. The fraction of sp³-hybridized carbons (Fsp3) is 0.636. The fourth-order valence-electron chi connectivity index (χ4n) is 1.67. The first-order valence-electron chi connectivity index (χ1n) is 5.26. The van der Waals surface area contributed by atoms with Gasteiger partial charge in [0.1, 0.15) is 25.5 Å². The summed E-state index contributed by atoms with van der Waals surface area (Å²) >= 11 is 0. The molecule has 0 unspecified atom stereocenters. The Morgan fingerprint density at radius 3 is 3.00 bits per heavy atom. The van der Waals surface area contributed by atoms with Crippen LogP contribution in [0, 0.1) is 11.3 Å². The second kappa shape index (κ2) is 6.20. The predicted octanol–water partition coefficient (Wildman–Crippen LogP) is 0.898. The Bertz CT molecular complexity index is 338. The summed E-state index contributed by atoms with van der Waals surface area (Å²) in [6, 6.07) is 2.17. The zero-order chi connectivity index (χ0) is 11.1. The quantitative estimate of drug-likeness (QED) is 0.652. The number of imidazole rings is 1. The van der Waals surface area contributed by atoms with Gasteiger partial charge in [0.15, 0.2) is 0 Å². The normalized spacial score (nSPS) is 10.2. The van der Waals surface area contributed by atoms with Crippen LogP contribution in [0.4, 0.5) is 0 Å². The van der Waals surface area contributed by atoms with Crippen LogP contribution in [0.2, 0.25) is 0 Å². The van der Waals surface area contributed by atoms with E-state index in [1.807, 2.05) is 6.20 Å². The number of methoxy groups -OCH3 is 1. The molecule has 0 aliphatic carbocycles. The lowest BCUT2D eigenvalue weighted by molar-refractivity contribution is -0.702. The molecule has 4 heteroatoms. The van der Waals surface area contributed by atoms with Crippen molar-refractivity contribution in [3.05, 3.63) is 18.2 Å². The summed E-state index contributed by atoms with van der Waals surface area (Å²) in [5.74, 6) is 1.25. The standard InChI is InChI=1S/C11H18N3O/c1-3-11-13(6-4-5-12)7-8-14(11)9-10-15-2/h7-8H,3-4,6,9-10H2,1-2H3/q+1. The zero-order valence-corrected chi connectivity index (χ0v) is 9.44. The first kappa shape index (κ1) is 11.7. The van der Waals surface area contributed by atoms with Crippen molar-refractivity contribution in [2.45, 2.75) is 32.9 Å². The summed E-state index contributed by atoms with van der Waals surface area (Å²) in [5, 5.41) is 8.55. The van der Waals surface area contributed by atoms with Gasteiger partial charge in [0, 0.05) is 13.5 Å². The van der Waals surface area contributed by atoms with Gasteiger partial charge in [0.2, 0.25) is 0 Å². The second-order valence-corrected chi connectivity index (χ2v) is 3.36. The molecule has 0 amide bonds. The lowest BCUT2D eigenvalue weighted by atomic mass is 10.4. The van der Waals surface area contributed by atoms with Crippen molar-refractivity contribution < 1.29 is 9.30 Å². The van der Waals surface area contributed by atoms with E-state index >= 15 is 0 Å². The molecule has 15 heavy (non-hydrogen) atoms. The number of hydrogen-bond acceptors (Lipinski definition) is 2. The van der Waals surface area contributed by atoms with Crippen LogP contribution in [0.1, 0.15) is 19.2 Å². The van der Waals surface area contributed by atoms with Gasteiger partial charge in [-0.1, -0.05) is 6.92 Å². The molecule has 0 bridgehead atoms. The van der Waals surface area contributed by atoms with Crippen LogP contribution in [-0.4, -0.2) is 18.3 Å². The summed E-state index contributed by atoms with van der Waals surface area (Å²) < 4.78 is 9.37. The Balaban J connectivity index is 2.72. The molecule has 0 saturated carbocycles. The van der Waals surface area contributed by atoms with Crippen molar-refractivity contribution in [3.8, 4) is 6.07 Å². The van der Waals surface area contributed by atoms with E-state index in [1.54, 1.807) is 7.11 Å². The number of aromatic nitrogens is 2. The third-order valence-electron chi connectivity index (χ3n) is 2.41. The van der Waals surface area contributed by atoms with Crippen LogP contribution < -0.4 is 4.57 Å². The second-order valence-electron chi connectivity index (χ2n) is 3.36. The summed E-state index contributed by atoms with van der Waals surface area (Å²) in [6.45, 7) is 4.50. The molecule has 0 aliphatic rings. The van der Waals surface area contributed by atoms with Gasteiger partial charge in [-0.3, -0.25) is 0 Å². The molecule has 0 aromatic carbocycles. The maximum absolute atomic E-state index is 8.55. The van der Waals surface area contributed by atoms with Gasteiger partial charge in [0.05, 0.1) is 19.1 Å². The maximum atomic E-state index is 8.55. The van der Waals surface area contributed by atoms with Crippen LogP contribution in [-0.2, 0) is 24.2 Å². The molecule has 1 heterocycles. The Hall–Kier alpha value is -1.34. The number of aryl methyl sites for hydroxylation is 1. The topological polar surface area (TPSA) is 41.8 Å². The van der Waals surface area contributed by atoms with E-state index in [0.717, 1.165) is 26.1 Å². The Labute approximate surface area is 90.7 Å². The highest BCUT2D eigenvalue weighted by Gasteiger charge is 2.13. The summed E-state index contributed by atoms with van der Waals surface area (Å²) in [7, 11) is 1.71. The molecule has 0 spiro atoms. The third-order valence-corrected chi connectivity index (χ3v) is 2.41. The van der Waals surface area contributed by atoms with E-state index in [0.29, 0.717) is 6.42 Å². The van der Waals surface area contributed by atoms with Crippen LogP contribution in [0.5, 0.6) is 0 Å². The monoisotopic (exact) mass is 208 g/mol. The minimum Gasteiger partial charge on any atom is -0.381 e. The van der Waals surface area contributed by atoms with E-state index in [9.17, 15) is 0 Å². The van der Waals surface area contributed by atoms with E-state index in [4.69, 9.17) is 10.00 Å². The molecule has 0 atom stereocenters. The van der Waals surface area contributed by atoms with E-state index in [2.05, 4.69) is 28.3 Å². The van der Waals surface area contributed by atoms with Crippen molar-refractivity contribution in [3.63, 3.8) is 0 Å². The molecule has 82 valence electrons. The lowest BCUT2D eigenvalue weighted by Gasteiger charge is -2.01. The van der Waals surface area contributed by atoms with Crippen LogP contribution in [0.3, 0.4) is 0 Å². The van der Waals surface area contributed by atoms with E-state index < -0.39 is 0 Å². The Morgan fingerprint density at radius 1 is 1.60 bits per heavy atom. The predicted molar refractivity (Wildman–Crippen MR) is 56.1 cm³/mol. The minimum absolute atomic E-state index is 0.561. The van der Waals surface area contributed by atoms with E-state index in [-0.39, 0.29) is 0 Å². The molecule has 0 aliphatic heterocycles. The van der Waals surface area contributed by atoms with Gasteiger partial charge in [-0.15, -0.1) is 0 Å². The molecular weight excluding hydrogens is 190 g/mol. The average Bonchev–Trinajstić information content (AvgIpc) is 2.65. The largest absolute Gasteiger partial charge is 0.381 e. The smallest absolute Gasteiger partial charge is 0.256 e. The molecule has 0 fully saturated rings. The molecule has 0 N–H and O–H groups in total. The third kappa shape index (κ3) is 3.07. The van der Waals surface area contributed by atoms with Crippen molar-refractivity contribution in [1.29, 1.82) is 5.26 Å². The average molecular weight is 208 g/mol.